The number of hydrogen-bond acceptors (Lipinski definition) is 2. The number of allylic oxidation sites excluding steroid dienone is 2. The van der Waals surface area contributed by atoms with Crippen LogP contribution in [0.2, 0.25) is 0 Å². The highest BCUT2D eigenvalue weighted by molar-refractivity contribution is 5.30. The lowest BCUT2D eigenvalue weighted by atomic mass is 10.3. The molecule has 1 aliphatic rings. The lowest BCUT2D eigenvalue weighted by Crippen LogP contribution is -2.14. The lowest BCUT2D eigenvalue weighted by Gasteiger charge is -2.21. The zero-order valence-corrected chi connectivity index (χ0v) is 6.29. The van der Waals surface area contributed by atoms with Gasteiger partial charge in [0.25, 0.3) is 0 Å². The van der Waals surface area contributed by atoms with Gasteiger partial charge in [0.15, 0.2) is 0 Å². The fourth-order valence-electron chi connectivity index (χ4n) is 0.805. The van der Waals surface area contributed by atoms with E-state index in [9.17, 15) is 0 Å². The van der Waals surface area contributed by atoms with Gasteiger partial charge in [-0.1, -0.05) is 6.58 Å². The topological polar surface area (TPSA) is 12.5 Å². The van der Waals surface area contributed by atoms with Gasteiger partial charge in [-0.05, 0) is 12.2 Å². The molecule has 1 rings (SSSR count). The molecule has 0 fully saturated rings. The Kier molecular flexibility index (Phi) is 1.81. The van der Waals surface area contributed by atoms with Crippen molar-refractivity contribution in [1.82, 2.24) is 4.90 Å². The van der Waals surface area contributed by atoms with Gasteiger partial charge in [0.05, 0.1) is 12.8 Å². The van der Waals surface area contributed by atoms with Crippen LogP contribution in [0.25, 0.3) is 0 Å². The summed E-state index contributed by atoms with van der Waals surface area (Å²) in [5.41, 5.74) is 0.894. The van der Waals surface area contributed by atoms with Crippen molar-refractivity contribution in [3.05, 3.63) is 36.4 Å². The number of hydrogen-bond donors (Lipinski definition) is 0. The van der Waals surface area contributed by atoms with Crippen LogP contribution in [-0.2, 0) is 4.74 Å². The molecule has 2 heteroatoms. The Bertz CT molecular complexity index is 203. The molecular weight excluding hydrogens is 126 g/mol. The number of ether oxygens (including phenoxy) is 1. The summed E-state index contributed by atoms with van der Waals surface area (Å²) in [6.07, 6.45) is 5.75. The number of nitrogens with zero attached hydrogens (tertiary/aromatic N) is 1. The Labute approximate surface area is 61.1 Å². The first-order valence-corrected chi connectivity index (χ1v) is 3.10. The minimum Gasteiger partial charge on any atom is -0.495 e. The molecule has 0 saturated carbocycles. The minimum atomic E-state index is 0.824. The number of likely N-dealkylation sites (N-methyl/N-ethyl adjacent to an activating group) is 1. The van der Waals surface area contributed by atoms with Gasteiger partial charge >= 0.3 is 0 Å². The molecule has 0 aliphatic carbocycles. The van der Waals surface area contributed by atoms with Crippen molar-refractivity contribution in [2.75, 3.05) is 14.2 Å². The minimum absolute atomic E-state index is 0.824. The summed E-state index contributed by atoms with van der Waals surface area (Å²) in [4.78, 5) is 1.92. The molecule has 0 aromatic carbocycles. The summed E-state index contributed by atoms with van der Waals surface area (Å²) in [5.74, 6) is 0.824. The molecule has 0 radical (unpaired) electrons. The maximum absolute atomic E-state index is 5.04. The van der Waals surface area contributed by atoms with E-state index in [4.69, 9.17) is 4.74 Å². The highest BCUT2D eigenvalue weighted by Crippen LogP contribution is 2.16. The Morgan fingerprint density at radius 3 is 2.80 bits per heavy atom. The highest BCUT2D eigenvalue weighted by atomic mass is 16.5. The van der Waals surface area contributed by atoms with Gasteiger partial charge in [0, 0.05) is 13.2 Å². The van der Waals surface area contributed by atoms with Gasteiger partial charge in [0.1, 0.15) is 5.76 Å². The molecule has 0 N–H and O–H groups in total. The van der Waals surface area contributed by atoms with E-state index in [-0.39, 0.29) is 0 Å². The average molecular weight is 137 g/mol. The SMILES string of the molecule is C=C1C(OC)=CC=CN1C. The predicted molar refractivity (Wildman–Crippen MR) is 41.1 cm³/mol. The van der Waals surface area contributed by atoms with Crippen LogP contribution in [0.1, 0.15) is 0 Å². The Balaban J connectivity index is 2.82. The Morgan fingerprint density at radius 1 is 1.60 bits per heavy atom. The second-order valence-corrected chi connectivity index (χ2v) is 2.13. The summed E-state index contributed by atoms with van der Waals surface area (Å²) < 4.78 is 5.04. The van der Waals surface area contributed by atoms with E-state index in [2.05, 4.69) is 6.58 Å². The van der Waals surface area contributed by atoms with Crippen molar-refractivity contribution in [3.63, 3.8) is 0 Å². The van der Waals surface area contributed by atoms with E-state index in [0.717, 1.165) is 11.5 Å². The maximum Gasteiger partial charge on any atom is 0.141 e. The molecule has 0 spiro atoms. The van der Waals surface area contributed by atoms with Gasteiger partial charge in [0.2, 0.25) is 0 Å². The first-order valence-electron chi connectivity index (χ1n) is 3.10. The van der Waals surface area contributed by atoms with Crippen LogP contribution in [-0.4, -0.2) is 19.1 Å². The molecule has 10 heavy (non-hydrogen) atoms. The molecule has 1 aliphatic heterocycles. The zero-order valence-electron chi connectivity index (χ0n) is 6.29. The van der Waals surface area contributed by atoms with Gasteiger partial charge in [-0.3, -0.25) is 0 Å². The van der Waals surface area contributed by atoms with Crippen LogP contribution in [0.3, 0.4) is 0 Å². The van der Waals surface area contributed by atoms with Gasteiger partial charge in [-0.2, -0.15) is 0 Å². The second-order valence-electron chi connectivity index (χ2n) is 2.13. The largest absolute Gasteiger partial charge is 0.495 e. The van der Waals surface area contributed by atoms with Crippen molar-refractivity contribution in [2.24, 2.45) is 0 Å². The molecule has 0 amide bonds. The van der Waals surface area contributed by atoms with E-state index in [0.29, 0.717) is 0 Å². The molecule has 2 nitrogen and oxygen atoms in total. The van der Waals surface area contributed by atoms with Crippen molar-refractivity contribution in [3.8, 4) is 0 Å². The van der Waals surface area contributed by atoms with Crippen LogP contribution in [0.4, 0.5) is 0 Å². The Morgan fingerprint density at radius 2 is 2.30 bits per heavy atom. The van der Waals surface area contributed by atoms with Gasteiger partial charge in [-0.15, -0.1) is 0 Å². The van der Waals surface area contributed by atoms with Crippen LogP contribution < -0.4 is 0 Å². The van der Waals surface area contributed by atoms with E-state index in [1.165, 1.54) is 0 Å². The van der Waals surface area contributed by atoms with E-state index in [1.807, 2.05) is 30.3 Å². The first kappa shape index (κ1) is 6.93. The standard InChI is InChI=1S/C8H11NO/c1-7-8(10-3)5-4-6-9(7)2/h4-6H,1H2,2-3H3. The molecule has 0 unspecified atom stereocenters. The van der Waals surface area contributed by atoms with Crippen LogP contribution in [0, 0.1) is 0 Å². The quantitative estimate of drug-likeness (QED) is 0.543. The third-order valence-corrected chi connectivity index (χ3v) is 1.49. The first-order chi connectivity index (χ1) is 4.75. The summed E-state index contributed by atoms with van der Waals surface area (Å²) in [5, 5.41) is 0. The third-order valence-electron chi connectivity index (χ3n) is 1.49. The maximum atomic E-state index is 5.04. The normalized spacial score (nSPS) is 17.2. The molecule has 0 aromatic heterocycles. The van der Waals surface area contributed by atoms with Crippen molar-refractivity contribution < 1.29 is 4.74 Å². The highest BCUT2D eigenvalue weighted by Gasteiger charge is 2.07. The molecule has 0 saturated heterocycles. The van der Waals surface area contributed by atoms with Crippen LogP contribution >= 0.6 is 0 Å². The fourth-order valence-corrected chi connectivity index (χ4v) is 0.805. The summed E-state index contributed by atoms with van der Waals surface area (Å²) in [6, 6.07) is 0. The van der Waals surface area contributed by atoms with Gasteiger partial charge < -0.3 is 9.64 Å². The summed E-state index contributed by atoms with van der Waals surface area (Å²) >= 11 is 0. The number of methoxy groups -OCH3 is 1. The Hall–Kier alpha value is -1.18. The van der Waals surface area contributed by atoms with E-state index >= 15 is 0 Å². The van der Waals surface area contributed by atoms with Crippen molar-refractivity contribution in [2.45, 2.75) is 0 Å². The lowest BCUT2D eigenvalue weighted by molar-refractivity contribution is 0.281. The predicted octanol–water partition coefficient (Wildman–Crippen LogP) is 1.49. The van der Waals surface area contributed by atoms with Crippen LogP contribution in [0.5, 0.6) is 0 Å². The molecule has 1 heterocycles. The summed E-state index contributed by atoms with van der Waals surface area (Å²) in [6.45, 7) is 3.83. The zero-order chi connectivity index (χ0) is 7.56. The molecule has 54 valence electrons. The smallest absolute Gasteiger partial charge is 0.141 e. The van der Waals surface area contributed by atoms with Crippen molar-refractivity contribution in [1.29, 1.82) is 0 Å². The van der Waals surface area contributed by atoms with Crippen molar-refractivity contribution >= 4 is 0 Å². The summed E-state index contributed by atoms with van der Waals surface area (Å²) in [7, 11) is 3.58. The van der Waals surface area contributed by atoms with E-state index < -0.39 is 0 Å². The monoisotopic (exact) mass is 137 g/mol. The average Bonchev–Trinajstić information content (AvgIpc) is 1.95. The van der Waals surface area contributed by atoms with E-state index in [1.54, 1.807) is 7.11 Å². The molecular formula is C8H11NO. The molecule has 0 atom stereocenters. The molecule has 0 aromatic rings. The number of rotatable bonds is 1. The van der Waals surface area contributed by atoms with Crippen LogP contribution in [0.15, 0.2) is 36.4 Å². The molecule has 0 bridgehead atoms. The fraction of sp³-hybridized carbons (Fsp3) is 0.250. The van der Waals surface area contributed by atoms with Gasteiger partial charge in [-0.25, -0.2) is 0 Å². The third kappa shape index (κ3) is 1.05. The second kappa shape index (κ2) is 2.60.